The van der Waals surface area contributed by atoms with Crippen molar-refractivity contribution < 1.29 is 29.3 Å². The Hall–Kier alpha value is -2.70. The molecule has 0 bridgehead atoms. The zero-order valence-electron chi connectivity index (χ0n) is 21.2. The fourth-order valence-electron chi connectivity index (χ4n) is 4.31. The summed E-state index contributed by atoms with van der Waals surface area (Å²) in [7, 11) is 0. The van der Waals surface area contributed by atoms with Gasteiger partial charge in [0.2, 0.25) is 0 Å². The van der Waals surface area contributed by atoms with Gasteiger partial charge in [-0.05, 0) is 51.8 Å². The van der Waals surface area contributed by atoms with E-state index in [1.54, 1.807) is 20.8 Å². The second-order valence-corrected chi connectivity index (χ2v) is 9.77. The van der Waals surface area contributed by atoms with E-state index < -0.39 is 34.9 Å². The summed E-state index contributed by atoms with van der Waals surface area (Å²) in [6.45, 7) is 12.8. The van der Waals surface area contributed by atoms with Crippen LogP contribution in [-0.2, 0) is 19.1 Å². The van der Waals surface area contributed by atoms with Crippen molar-refractivity contribution in [2.45, 2.75) is 72.4 Å². The van der Waals surface area contributed by atoms with Crippen LogP contribution in [0.15, 0.2) is 71.9 Å². The largest absolute Gasteiger partial charge is 0.481 e. The van der Waals surface area contributed by atoms with Crippen LogP contribution < -0.4 is 0 Å². The highest BCUT2D eigenvalue weighted by Crippen LogP contribution is 2.44. The number of carbonyl (C=O) groups excluding carboxylic acids is 1. The Balaban J connectivity index is 1.95. The maximum Gasteiger partial charge on any atom is 0.310 e. The van der Waals surface area contributed by atoms with Crippen molar-refractivity contribution >= 4 is 11.9 Å². The molecule has 34 heavy (non-hydrogen) atoms. The molecule has 2 aliphatic heterocycles. The molecule has 7 atom stereocenters. The van der Waals surface area contributed by atoms with Gasteiger partial charge in [0.05, 0.1) is 24.0 Å². The molecule has 2 N–H and O–H groups in total. The number of carboxylic acid groups (broad SMARTS) is 1. The third-order valence-electron chi connectivity index (χ3n) is 6.98. The first-order valence-corrected chi connectivity index (χ1v) is 11.7. The molecule has 2 heterocycles. The van der Waals surface area contributed by atoms with E-state index in [2.05, 4.69) is 0 Å². The van der Waals surface area contributed by atoms with E-state index in [1.165, 1.54) is 0 Å². The van der Waals surface area contributed by atoms with Crippen molar-refractivity contribution in [3.05, 3.63) is 71.9 Å². The molecule has 6 nitrogen and oxygen atoms in total. The van der Waals surface area contributed by atoms with Gasteiger partial charge in [0, 0.05) is 5.41 Å². The van der Waals surface area contributed by atoms with Gasteiger partial charge in [0.15, 0.2) is 0 Å². The quantitative estimate of drug-likeness (QED) is 0.297. The lowest BCUT2D eigenvalue weighted by Gasteiger charge is -2.37. The first-order valence-electron chi connectivity index (χ1n) is 11.7. The number of aliphatic carboxylic acids is 1. The molecule has 0 spiro atoms. The molecule has 2 rings (SSSR count). The molecule has 0 aromatic carbocycles. The topological polar surface area (TPSA) is 93.1 Å². The van der Waals surface area contributed by atoms with Crippen LogP contribution >= 0.6 is 0 Å². The highest BCUT2D eigenvalue weighted by Gasteiger charge is 2.53. The molecule has 0 radical (unpaired) electrons. The maximum absolute atomic E-state index is 12.1. The summed E-state index contributed by atoms with van der Waals surface area (Å²) >= 11 is 0. The number of rotatable bonds is 8. The van der Waals surface area contributed by atoms with Crippen molar-refractivity contribution in [3.8, 4) is 0 Å². The Morgan fingerprint density at radius 2 is 1.65 bits per heavy atom. The summed E-state index contributed by atoms with van der Waals surface area (Å²) in [6.07, 6.45) is 17.7. The number of aliphatic hydroxyl groups is 1. The summed E-state index contributed by atoms with van der Waals surface area (Å²) in [5.74, 6) is -2.56. The first-order chi connectivity index (χ1) is 15.8. The molecule has 0 aromatic heterocycles. The van der Waals surface area contributed by atoms with Crippen LogP contribution in [0.2, 0.25) is 0 Å². The van der Waals surface area contributed by atoms with Gasteiger partial charge in [-0.15, -0.1) is 0 Å². The molecule has 6 heteroatoms. The number of cyclic esters (lactones) is 1. The average Bonchev–Trinajstić information content (AvgIpc) is 2.98. The molecule has 0 unspecified atom stereocenters. The predicted octanol–water partition coefficient (Wildman–Crippen LogP) is 4.93. The lowest BCUT2D eigenvalue weighted by molar-refractivity contribution is -0.153. The van der Waals surface area contributed by atoms with Gasteiger partial charge in [-0.3, -0.25) is 9.59 Å². The third kappa shape index (κ3) is 6.24. The number of esters is 1. The Labute approximate surface area is 203 Å². The van der Waals surface area contributed by atoms with E-state index in [9.17, 15) is 19.8 Å². The fourth-order valence-corrected chi connectivity index (χ4v) is 4.31. The average molecular weight is 471 g/mol. The first kappa shape index (κ1) is 27.5. The van der Waals surface area contributed by atoms with Gasteiger partial charge in [0.1, 0.15) is 11.7 Å². The van der Waals surface area contributed by atoms with E-state index >= 15 is 0 Å². The Kier molecular flexibility index (Phi) is 9.03. The standard InChI is InChI=1S/C28H38O6/c1-18(23-19(2)17-28(7,32)22(5)33-23)15-13-11-9-8-10-12-14-16-27(6)21(4)26(31)34-24(27)20(3)25(29)30/h8-17,20-24,32H,1-7H3,(H,29,30)/b9-8+,12-10+,13-11+,16-14+,18-15+/t20-,21+,22-,23+,24+,27+,28-/m0/s1. The van der Waals surface area contributed by atoms with E-state index in [1.807, 2.05) is 88.5 Å². The molecule has 0 aliphatic carbocycles. The SMILES string of the molecule is CC1=C[C@](C)(O)[C@H](C)O[C@@H]1/C(C)=C/C=C/C=C/C=C/C=C/[C@]1(C)[C@H](C)C(=O)O[C@@H]1[C@H](C)C(=O)O. The fraction of sp³-hybridized carbons (Fsp3) is 0.500. The summed E-state index contributed by atoms with van der Waals surface area (Å²) < 4.78 is 11.4. The number of hydrogen-bond donors (Lipinski definition) is 2. The van der Waals surface area contributed by atoms with Crippen LogP contribution in [0.3, 0.4) is 0 Å². The number of ether oxygens (including phenoxy) is 2. The highest BCUT2D eigenvalue weighted by molar-refractivity contribution is 5.79. The normalized spacial score (nSPS) is 36.1. The molecule has 186 valence electrons. The van der Waals surface area contributed by atoms with E-state index in [-0.39, 0.29) is 18.2 Å². The molecule has 0 saturated carbocycles. The third-order valence-corrected chi connectivity index (χ3v) is 6.98. The second-order valence-electron chi connectivity index (χ2n) is 9.77. The highest BCUT2D eigenvalue weighted by atomic mass is 16.6. The van der Waals surface area contributed by atoms with Crippen LogP contribution in [-0.4, -0.2) is 46.1 Å². The lowest BCUT2D eigenvalue weighted by Crippen LogP contribution is -2.44. The van der Waals surface area contributed by atoms with Crippen LogP contribution in [0.5, 0.6) is 0 Å². The molecule has 0 amide bonds. The monoisotopic (exact) mass is 470 g/mol. The summed E-state index contributed by atoms with van der Waals surface area (Å²) in [6, 6.07) is 0. The van der Waals surface area contributed by atoms with Crippen molar-refractivity contribution in [1.82, 2.24) is 0 Å². The van der Waals surface area contributed by atoms with Crippen molar-refractivity contribution in [2.24, 2.45) is 17.3 Å². The number of hydrogen-bond acceptors (Lipinski definition) is 5. The zero-order chi connectivity index (χ0) is 25.7. The molecular formula is C28H38O6. The smallest absolute Gasteiger partial charge is 0.310 e. The van der Waals surface area contributed by atoms with Crippen LogP contribution in [0.1, 0.15) is 48.5 Å². The minimum atomic E-state index is -0.983. The Morgan fingerprint density at radius 1 is 1.09 bits per heavy atom. The number of allylic oxidation sites excluding steroid dienone is 8. The lowest BCUT2D eigenvalue weighted by atomic mass is 9.72. The van der Waals surface area contributed by atoms with E-state index in [4.69, 9.17) is 9.47 Å². The molecular weight excluding hydrogens is 432 g/mol. The van der Waals surface area contributed by atoms with Gasteiger partial charge >= 0.3 is 11.9 Å². The van der Waals surface area contributed by atoms with Crippen LogP contribution in [0.4, 0.5) is 0 Å². The van der Waals surface area contributed by atoms with Gasteiger partial charge in [-0.2, -0.15) is 0 Å². The molecule has 1 fully saturated rings. The van der Waals surface area contributed by atoms with Crippen LogP contribution in [0.25, 0.3) is 0 Å². The maximum atomic E-state index is 12.1. The van der Waals surface area contributed by atoms with Crippen molar-refractivity contribution in [3.63, 3.8) is 0 Å². The van der Waals surface area contributed by atoms with Crippen LogP contribution in [0, 0.1) is 17.3 Å². The summed E-state index contributed by atoms with van der Waals surface area (Å²) in [5.41, 5.74) is 0.405. The van der Waals surface area contributed by atoms with Gasteiger partial charge in [-0.1, -0.05) is 68.5 Å². The molecule has 0 aromatic rings. The van der Waals surface area contributed by atoms with Gasteiger partial charge in [0.25, 0.3) is 0 Å². The van der Waals surface area contributed by atoms with Gasteiger partial charge < -0.3 is 19.7 Å². The summed E-state index contributed by atoms with van der Waals surface area (Å²) in [5, 5.41) is 19.7. The predicted molar refractivity (Wildman–Crippen MR) is 133 cm³/mol. The Bertz CT molecular complexity index is 948. The molecule has 1 saturated heterocycles. The van der Waals surface area contributed by atoms with Gasteiger partial charge in [-0.25, -0.2) is 0 Å². The number of carbonyl (C=O) groups is 2. The summed E-state index contributed by atoms with van der Waals surface area (Å²) in [4.78, 5) is 23.5. The van der Waals surface area contributed by atoms with E-state index in [0.29, 0.717) is 0 Å². The Morgan fingerprint density at radius 3 is 2.24 bits per heavy atom. The zero-order valence-corrected chi connectivity index (χ0v) is 21.2. The number of carboxylic acids is 1. The van der Waals surface area contributed by atoms with Crippen molar-refractivity contribution in [1.29, 1.82) is 0 Å². The second kappa shape index (κ2) is 11.2. The van der Waals surface area contributed by atoms with E-state index in [0.717, 1.165) is 11.1 Å². The minimum Gasteiger partial charge on any atom is -0.481 e. The minimum absolute atomic E-state index is 0.142. The van der Waals surface area contributed by atoms with Crippen molar-refractivity contribution in [2.75, 3.05) is 0 Å². The molecule has 2 aliphatic rings.